The van der Waals surface area contributed by atoms with Gasteiger partial charge >= 0.3 is 5.97 Å². The largest absolute Gasteiger partial charge is 0.452 e. The summed E-state index contributed by atoms with van der Waals surface area (Å²) >= 11 is 0. The Morgan fingerprint density at radius 3 is 2.39 bits per heavy atom. The molecule has 4 nitrogen and oxygen atoms in total. The summed E-state index contributed by atoms with van der Waals surface area (Å²) in [6, 6.07) is 5.67. The first-order chi connectivity index (χ1) is 11.2. The first-order valence-electron chi connectivity index (χ1n) is 7.94. The van der Waals surface area contributed by atoms with Gasteiger partial charge in [-0.05, 0) is 48.9 Å². The van der Waals surface area contributed by atoms with E-state index in [1.165, 1.54) is 22.4 Å². The van der Waals surface area contributed by atoms with Crippen molar-refractivity contribution in [3.8, 4) is 0 Å². The highest BCUT2D eigenvalue weighted by atomic mass is 16.5. The molecule has 1 aliphatic rings. The van der Waals surface area contributed by atoms with E-state index in [-0.39, 0.29) is 12.5 Å². The predicted molar refractivity (Wildman–Crippen MR) is 90.3 cm³/mol. The van der Waals surface area contributed by atoms with Crippen molar-refractivity contribution in [3.05, 3.63) is 60.2 Å². The van der Waals surface area contributed by atoms with Crippen molar-refractivity contribution >= 4 is 11.9 Å². The third-order valence-corrected chi connectivity index (χ3v) is 3.96. The van der Waals surface area contributed by atoms with E-state index in [2.05, 4.69) is 13.2 Å². The van der Waals surface area contributed by atoms with Crippen molar-refractivity contribution in [2.24, 2.45) is 0 Å². The second-order valence-electron chi connectivity index (χ2n) is 5.64. The summed E-state index contributed by atoms with van der Waals surface area (Å²) in [6.07, 6.45) is 7.69. The van der Waals surface area contributed by atoms with Gasteiger partial charge in [0.2, 0.25) is 0 Å². The highest BCUT2D eigenvalue weighted by Gasteiger charge is 2.16. The minimum absolute atomic E-state index is 0.254. The molecular weight excluding hydrogens is 290 g/mol. The molecule has 0 heterocycles. The Morgan fingerprint density at radius 2 is 1.74 bits per heavy atom. The van der Waals surface area contributed by atoms with Crippen molar-refractivity contribution in [2.45, 2.75) is 25.7 Å². The normalized spacial score (nSPS) is 12.9. The van der Waals surface area contributed by atoms with E-state index in [4.69, 9.17) is 4.74 Å². The van der Waals surface area contributed by atoms with Gasteiger partial charge in [0.1, 0.15) is 0 Å². The number of ether oxygens (including phenoxy) is 1. The number of rotatable bonds is 7. The quantitative estimate of drug-likeness (QED) is 0.574. The molecule has 1 aromatic carbocycles. The fraction of sp³-hybridized carbons (Fsp3) is 0.368. The molecule has 2 rings (SSSR count). The number of aryl methyl sites for hydroxylation is 2. The monoisotopic (exact) mass is 313 g/mol. The van der Waals surface area contributed by atoms with Crippen LogP contribution < -0.4 is 0 Å². The van der Waals surface area contributed by atoms with Gasteiger partial charge in [-0.1, -0.05) is 18.2 Å². The van der Waals surface area contributed by atoms with Crippen molar-refractivity contribution in [1.29, 1.82) is 0 Å². The van der Waals surface area contributed by atoms with Crippen LogP contribution in [-0.4, -0.2) is 36.5 Å². The number of nitrogens with zero attached hydrogens (tertiary/aromatic N) is 1. The molecule has 122 valence electrons. The van der Waals surface area contributed by atoms with Crippen LogP contribution in [-0.2, 0) is 22.4 Å². The maximum absolute atomic E-state index is 12.1. The van der Waals surface area contributed by atoms with E-state index in [1.807, 2.05) is 12.1 Å². The second-order valence-corrected chi connectivity index (χ2v) is 5.64. The maximum Gasteiger partial charge on any atom is 0.338 e. The highest BCUT2D eigenvalue weighted by Crippen LogP contribution is 2.22. The van der Waals surface area contributed by atoms with E-state index in [0.717, 1.165) is 19.3 Å². The highest BCUT2D eigenvalue weighted by molar-refractivity contribution is 5.91. The summed E-state index contributed by atoms with van der Waals surface area (Å²) in [4.78, 5) is 25.7. The summed E-state index contributed by atoms with van der Waals surface area (Å²) in [7, 11) is 0. The molecule has 0 N–H and O–H groups in total. The van der Waals surface area contributed by atoms with E-state index in [9.17, 15) is 9.59 Å². The number of fused-ring (bicyclic) bond motifs is 1. The number of benzene rings is 1. The fourth-order valence-electron chi connectivity index (χ4n) is 2.75. The molecule has 0 fully saturated rings. The Hall–Kier alpha value is -2.36. The van der Waals surface area contributed by atoms with Gasteiger partial charge in [0.05, 0.1) is 5.56 Å². The van der Waals surface area contributed by atoms with Crippen LogP contribution in [0.4, 0.5) is 0 Å². The SMILES string of the molecule is C=CCN(CC=C)C(=O)COC(=O)c1ccc2c(c1)CCCC2. The topological polar surface area (TPSA) is 46.6 Å². The lowest BCUT2D eigenvalue weighted by Gasteiger charge is -2.19. The first kappa shape index (κ1) is 17.0. The third kappa shape index (κ3) is 4.55. The van der Waals surface area contributed by atoms with Crippen LogP contribution in [0.25, 0.3) is 0 Å². The van der Waals surface area contributed by atoms with Crippen molar-refractivity contribution < 1.29 is 14.3 Å². The number of hydrogen-bond acceptors (Lipinski definition) is 3. The zero-order valence-electron chi connectivity index (χ0n) is 13.4. The molecule has 0 saturated carbocycles. The Kier molecular flexibility index (Phi) is 6.15. The van der Waals surface area contributed by atoms with Crippen LogP contribution in [0, 0.1) is 0 Å². The summed E-state index contributed by atoms with van der Waals surface area (Å²) in [6.45, 7) is 7.77. The van der Waals surface area contributed by atoms with Crippen molar-refractivity contribution in [1.82, 2.24) is 4.90 Å². The van der Waals surface area contributed by atoms with E-state index < -0.39 is 5.97 Å². The number of carbonyl (C=O) groups is 2. The Morgan fingerprint density at radius 1 is 1.09 bits per heavy atom. The molecule has 0 atom stereocenters. The van der Waals surface area contributed by atoms with E-state index in [1.54, 1.807) is 18.2 Å². The molecule has 23 heavy (non-hydrogen) atoms. The van der Waals surface area contributed by atoms with Gasteiger partial charge in [-0.25, -0.2) is 4.79 Å². The Labute approximate surface area is 137 Å². The van der Waals surface area contributed by atoms with E-state index in [0.29, 0.717) is 18.7 Å². The minimum Gasteiger partial charge on any atom is -0.452 e. The smallest absolute Gasteiger partial charge is 0.338 e. The second kappa shape index (κ2) is 8.32. The fourth-order valence-corrected chi connectivity index (χ4v) is 2.75. The van der Waals surface area contributed by atoms with Crippen molar-refractivity contribution in [2.75, 3.05) is 19.7 Å². The molecule has 0 saturated heterocycles. The van der Waals surface area contributed by atoms with Crippen LogP contribution >= 0.6 is 0 Å². The minimum atomic E-state index is -0.455. The lowest BCUT2D eigenvalue weighted by Crippen LogP contribution is -2.35. The van der Waals surface area contributed by atoms with E-state index >= 15 is 0 Å². The average Bonchev–Trinajstić information content (AvgIpc) is 2.58. The summed E-state index contributed by atoms with van der Waals surface area (Å²) in [5.74, 6) is -0.708. The molecule has 0 spiro atoms. The lowest BCUT2D eigenvalue weighted by molar-refractivity contribution is -0.133. The number of hydrogen-bond donors (Lipinski definition) is 0. The first-order valence-corrected chi connectivity index (χ1v) is 7.94. The van der Waals surface area contributed by atoms with Crippen LogP contribution in [0.1, 0.15) is 34.3 Å². The number of carbonyl (C=O) groups excluding carboxylic acids is 2. The molecule has 1 amide bonds. The zero-order valence-corrected chi connectivity index (χ0v) is 13.4. The summed E-state index contributed by atoms with van der Waals surface area (Å²) in [5.41, 5.74) is 3.04. The van der Waals surface area contributed by atoms with Crippen LogP contribution in [0.15, 0.2) is 43.5 Å². The summed E-state index contributed by atoms with van der Waals surface area (Å²) < 4.78 is 5.16. The maximum atomic E-state index is 12.1. The lowest BCUT2D eigenvalue weighted by atomic mass is 9.90. The molecule has 0 aromatic heterocycles. The Bertz CT molecular complexity index is 597. The van der Waals surface area contributed by atoms with Crippen molar-refractivity contribution in [3.63, 3.8) is 0 Å². The standard InChI is InChI=1S/C19H23NO3/c1-3-11-20(12-4-2)18(21)14-23-19(22)17-10-9-15-7-5-6-8-16(15)13-17/h3-4,9-10,13H,1-2,5-8,11-12,14H2. The molecular formula is C19H23NO3. The zero-order chi connectivity index (χ0) is 16.7. The van der Waals surface area contributed by atoms with Gasteiger partial charge < -0.3 is 9.64 Å². The van der Waals surface area contributed by atoms with Gasteiger partial charge in [-0.3, -0.25) is 4.79 Å². The van der Waals surface area contributed by atoms with Crippen LogP contribution in [0.5, 0.6) is 0 Å². The van der Waals surface area contributed by atoms with Gasteiger partial charge in [0.15, 0.2) is 6.61 Å². The molecule has 0 radical (unpaired) electrons. The summed E-state index contributed by atoms with van der Waals surface area (Å²) in [5, 5.41) is 0. The average molecular weight is 313 g/mol. The third-order valence-electron chi connectivity index (χ3n) is 3.96. The molecule has 1 aromatic rings. The molecule has 1 aliphatic carbocycles. The van der Waals surface area contributed by atoms with Gasteiger partial charge in [-0.15, -0.1) is 13.2 Å². The van der Waals surface area contributed by atoms with Gasteiger partial charge in [0, 0.05) is 13.1 Å². The van der Waals surface area contributed by atoms with Gasteiger partial charge in [0.25, 0.3) is 5.91 Å². The number of esters is 1. The van der Waals surface area contributed by atoms with Crippen LogP contribution in [0.2, 0.25) is 0 Å². The predicted octanol–water partition coefficient (Wildman–Crippen LogP) is 2.92. The molecule has 0 aliphatic heterocycles. The molecule has 4 heteroatoms. The Balaban J connectivity index is 1.95. The van der Waals surface area contributed by atoms with Gasteiger partial charge in [-0.2, -0.15) is 0 Å². The van der Waals surface area contributed by atoms with Crippen LogP contribution in [0.3, 0.4) is 0 Å². The number of amides is 1. The molecule has 0 unspecified atom stereocenters. The molecule has 0 bridgehead atoms.